The highest BCUT2D eigenvalue weighted by atomic mass is 79.9. The number of para-hydroxylation sites is 1. The summed E-state index contributed by atoms with van der Waals surface area (Å²) in [4.78, 5) is 14.1. The number of aliphatic hydroxyl groups excluding tert-OH is 1. The topological polar surface area (TPSA) is 53.7 Å². The standard InChI is InChI=1S/C14H14BrNO3/c15-11-3-1-2-9-8-12(19-13(9)11)14(18)16(6-7-17)10-4-5-10/h1-3,8,10,17H,4-7H2. The quantitative estimate of drug-likeness (QED) is 0.941. The van der Waals surface area contributed by atoms with Gasteiger partial charge in [0.1, 0.15) is 5.58 Å². The van der Waals surface area contributed by atoms with Crippen molar-refractivity contribution < 1.29 is 14.3 Å². The zero-order valence-electron chi connectivity index (χ0n) is 10.3. The number of amides is 1. The summed E-state index contributed by atoms with van der Waals surface area (Å²) in [6.45, 7) is 0.341. The number of hydrogen-bond donors (Lipinski definition) is 1. The lowest BCUT2D eigenvalue weighted by Crippen LogP contribution is -2.35. The van der Waals surface area contributed by atoms with Gasteiger partial charge in [-0.25, -0.2) is 0 Å². The molecule has 0 saturated heterocycles. The largest absolute Gasteiger partial charge is 0.450 e. The monoisotopic (exact) mass is 323 g/mol. The molecule has 3 rings (SSSR count). The highest BCUT2D eigenvalue weighted by Crippen LogP contribution is 2.31. The second-order valence-corrected chi connectivity index (χ2v) is 5.58. The molecule has 1 aromatic heterocycles. The van der Waals surface area contributed by atoms with Gasteiger partial charge >= 0.3 is 0 Å². The Labute approximate surface area is 119 Å². The van der Waals surface area contributed by atoms with Gasteiger partial charge in [0.15, 0.2) is 5.76 Å². The van der Waals surface area contributed by atoms with Crippen LogP contribution in [0, 0.1) is 0 Å². The molecule has 0 radical (unpaired) electrons. The number of rotatable bonds is 4. The van der Waals surface area contributed by atoms with Crippen LogP contribution in [0.3, 0.4) is 0 Å². The number of carbonyl (C=O) groups is 1. The van der Waals surface area contributed by atoms with Gasteiger partial charge in [0.05, 0.1) is 11.1 Å². The highest BCUT2D eigenvalue weighted by molar-refractivity contribution is 9.10. The molecule has 0 atom stereocenters. The summed E-state index contributed by atoms with van der Waals surface area (Å²) >= 11 is 3.41. The van der Waals surface area contributed by atoms with Crippen molar-refractivity contribution in [3.8, 4) is 0 Å². The fourth-order valence-electron chi connectivity index (χ4n) is 2.22. The van der Waals surface area contributed by atoms with E-state index in [2.05, 4.69) is 15.9 Å². The Morgan fingerprint density at radius 1 is 1.47 bits per heavy atom. The third-order valence-corrected chi connectivity index (χ3v) is 3.92. The molecule has 4 nitrogen and oxygen atoms in total. The van der Waals surface area contributed by atoms with Crippen molar-refractivity contribution >= 4 is 32.8 Å². The van der Waals surface area contributed by atoms with Crippen molar-refractivity contribution in [1.29, 1.82) is 0 Å². The average molecular weight is 324 g/mol. The van der Waals surface area contributed by atoms with Crippen LogP contribution in [0.5, 0.6) is 0 Å². The molecule has 1 aliphatic carbocycles. The summed E-state index contributed by atoms with van der Waals surface area (Å²) in [5.41, 5.74) is 0.686. The lowest BCUT2D eigenvalue weighted by Gasteiger charge is -2.19. The molecule has 5 heteroatoms. The van der Waals surface area contributed by atoms with Crippen molar-refractivity contribution in [2.75, 3.05) is 13.2 Å². The summed E-state index contributed by atoms with van der Waals surface area (Å²) < 4.78 is 6.48. The Morgan fingerprint density at radius 2 is 2.26 bits per heavy atom. The number of aliphatic hydroxyl groups is 1. The van der Waals surface area contributed by atoms with Gasteiger partial charge in [-0.2, -0.15) is 0 Å². The van der Waals surface area contributed by atoms with Crippen molar-refractivity contribution in [2.45, 2.75) is 18.9 Å². The molecule has 1 saturated carbocycles. The summed E-state index contributed by atoms with van der Waals surface area (Å²) in [7, 11) is 0. The molecular formula is C14H14BrNO3. The minimum atomic E-state index is -0.139. The fourth-order valence-corrected chi connectivity index (χ4v) is 2.68. The summed E-state index contributed by atoms with van der Waals surface area (Å²) in [5.74, 6) is 0.196. The minimum Gasteiger partial charge on any atom is -0.450 e. The number of halogens is 1. The SMILES string of the molecule is O=C(c1cc2cccc(Br)c2o1)N(CCO)C1CC1. The van der Waals surface area contributed by atoms with Gasteiger partial charge in [-0.05, 0) is 40.9 Å². The molecule has 0 unspecified atom stereocenters. The lowest BCUT2D eigenvalue weighted by molar-refractivity contribution is 0.0678. The maximum Gasteiger partial charge on any atom is 0.289 e. The van der Waals surface area contributed by atoms with Crippen LogP contribution in [0.1, 0.15) is 23.4 Å². The molecule has 1 aromatic carbocycles. The van der Waals surface area contributed by atoms with Gasteiger partial charge < -0.3 is 14.4 Å². The van der Waals surface area contributed by atoms with E-state index in [-0.39, 0.29) is 18.6 Å². The van der Waals surface area contributed by atoms with Crippen LogP contribution in [-0.4, -0.2) is 35.1 Å². The molecule has 0 aliphatic heterocycles. The molecule has 0 bridgehead atoms. The highest BCUT2D eigenvalue weighted by Gasteiger charge is 2.34. The normalized spacial score (nSPS) is 14.8. The zero-order valence-corrected chi connectivity index (χ0v) is 11.9. The Bertz CT molecular complexity index is 618. The van der Waals surface area contributed by atoms with Crippen molar-refractivity contribution in [3.05, 3.63) is 34.5 Å². The molecule has 0 spiro atoms. The third kappa shape index (κ3) is 2.40. The van der Waals surface area contributed by atoms with E-state index in [9.17, 15) is 4.79 Å². The molecule has 19 heavy (non-hydrogen) atoms. The van der Waals surface area contributed by atoms with Gasteiger partial charge in [-0.3, -0.25) is 4.79 Å². The van der Waals surface area contributed by atoms with Gasteiger partial charge in [-0.15, -0.1) is 0 Å². The van der Waals surface area contributed by atoms with Gasteiger partial charge in [0, 0.05) is 18.0 Å². The van der Waals surface area contributed by atoms with Crippen molar-refractivity contribution in [2.24, 2.45) is 0 Å². The first-order valence-corrected chi connectivity index (χ1v) is 7.10. The smallest absolute Gasteiger partial charge is 0.289 e. The van der Waals surface area contributed by atoms with E-state index in [1.54, 1.807) is 11.0 Å². The van der Waals surface area contributed by atoms with Crippen LogP contribution in [0.4, 0.5) is 0 Å². The van der Waals surface area contributed by atoms with E-state index in [0.29, 0.717) is 17.9 Å². The summed E-state index contributed by atoms with van der Waals surface area (Å²) in [6.07, 6.45) is 2.02. The number of nitrogens with zero attached hydrogens (tertiary/aromatic N) is 1. The van der Waals surface area contributed by atoms with Crippen molar-refractivity contribution in [1.82, 2.24) is 4.90 Å². The molecule has 1 amide bonds. The predicted octanol–water partition coefficient (Wildman–Crippen LogP) is 2.79. The second-order valence-electron chi connectivity index (χ2n) is 4.72. The Morgan fingerprint density at radius 3 is 2.89 bits per heavy atom. The molecular weight excluding hydrogens is 310 g/mol. The third-order valence-electron chi connectivity index (χ3n) is 3.30. The number of hydrogen-bond acceptors (Lipinski definition) is 3. The van der Waals surface area contributed by atoms with Crippen LogP contribution < -0.4 is 0 Å². The molecule has 100 valence electrons. The molecule has 2 aromatic rings. The summed E-state index contributed by atoms with van der Waals surface area (Å²) in [5, 5.41) is 9.96. The predicted molar refractivity (Wildman–Crippen MR) is 75.1 cm³/mol. The van der Waals surface area contributed by atoms with E-state index in [1.165, 1.54) is 0 Å². The van der Waals surface area contributed by atoms with Crippen LogP contribution in [-0.2, 0) is 0 Å². The van der Waals surface area contributed by atoms with Crippen LogP contribution in [0.15, 0.2) is 33.2 Å². The Balaban J connectivity index is 1.94. The fraction of sp³-hybridized carbons (Fsp3) is 0.357. The minimum absolute atomic E-state index is 0.0217. The second kappa shape index (κ2) is 4.98. The number of carbonyl (C=O) groups excluding carboxylic acids is 1. The van der Waals surface area contributed by atoms with Crippen LogP contribution in [0.25, 0.3) is 11.0 Å². The maximum atomic E-state index is 12.4. The first-order chi connectivity index (χ1) is 9.20. The van der Waals surface area contributed by atoms with E-state index in [0.717, 1.165) is 22.7 Å². The lowest BCUT2D eigenvalue weighted by atomic mass is 10.2. The molecule has 1 heterocycles. The number of furan rings is 1. The molecule has 1 N–H and O–H groups in total. The Hall–Kier alpha value is -1.33. The molecule has 1 fully saturated rings. The number of benzene rings is 1. The van der Waals surface area contributed by atoms with Gasteiger partial charge in [0.2, 0.25) is 0 Å². The van der Waals surface area contributed by atoms with Crippen LogP contribution >= 0.6 is 15.9 Å². The number of fused-ring (bicyclic) bond motifs is 1. The average Bonchev–Trinajstić information content (AvgIpc) is 3.14. The first kappa shape index (κ1) is 12.7. The van der Waals surface area contributed by atoms with E-state index in [4.69, 9.17) is 9.52 Å². The van der Waals surface area contributed by atoms with E-state index >= 15 is 0 Å². The van der Waals surface area contributed by atoms with Gasteiger partial charge in [-0.1, -0.05) is 12.1 Å². The van der Waals surface area contributed by atoms with E-state index < -0.39 is 0 Å². The zero-order chi connectivity index (χ0) is 13.4. The van der Waals surface area contributed by atoms with E-state index in [1.807, 2.05) is 18.2 Å². The Kier molecular flexibility index (Phi) is 3.33. The molecule has 1 aliphatic rings. The van der Waals surface area contributed by atoms with Gasteiger partial charge in [0.25, 0.3) is 5.91 Å². The van der Waals surface area contributed by atoms with Crippen molar-refractivity contribution in [3.63, 3.8) is 0 Å². The van der Waals surface area contributed by atoms with Crippen LogP contribution in [0.2, 0.25) is 0 Å². The summed E-state index contributed by atoms with van der Waals surface area (Å²) in [6, 6.07) is 7.72. The first-order valence-electron chi connectivity index (χ1n) is 6.30. The maximum absolute atomic E-state index is 12.4.